The minimum Gasteiger partial charge on any atom is -0.482 e. The summed E-state index contributed by atoms with van der Waals surface area (Å²) in [5.74, 6) is -2.18. The number of anilines is 2. The van der Waals surface area contributed by atoms with Crippen molar-refractivity contribution in [3.8, 4) is 11.5 Å². The zero-order valence-corrected chi connectivity index (χ0v) is 12.3. The van der Waals surface area contributed by atoms with Gasteiger partial charge in [-0.05, 0) is 30.3 Å². The first-order valence-corrected chi connectivity index (χ1v) is 6.95. The van der Waals surface area contributed by atoms with Crippen LogP contribution in [0.4, 0.5) is 20.2 Å². The van der Waals surface area contributed by atoms with Crippen LogP contribution >= 0.6 is 0 Å². The van der Waals surface area contributed by atoms with Crippen molar-refractivity contribution >= 4 is 23.2 Å². The van der Waals surface area contributed by atoms with E-state index < -0.39 is 24.1 Å². The van der Waals surface area contributed by atoms with E-state index in [1.54, 1.807) is 12.1 Å². The average molecular weight is 334 g/mol. The van der Waals surface area contributed by atoms with Gasteiger partial charge in [-0.2, -0.15) is 0 Å². The van der Waals surface area contributed by atoms with E-state index in [-0.39, 0.29) is 18.3 Å². The van der Waals surface area contributed by atoms with Gasteiger partial charge in [-0.25, -0.2) is 8.78 Å². The number of nitrogens with one attached hydrogen (secondary N) is 2. The van der Waals surface area contributed by atoms with Crippen LogP contribution in [-0.2, 0) is 9.59 Å². The lowest BCUT2D eigenvalue weighted by Crippen LogP contribution is -2.25. The Morgan fingerprint density at radius 2 is 2.08 bits per heavy atom. The van der Waals surface area contributed by atoms with Gasteiger partial charge >= 0.3 is 0 Å². The standard InChI is InChI=1S/C16H12F2N2O4/c17-9-1-3-13(11(18)5-9)23-7-15(21)19-10-2-4-14-12(6-10)20-16(22)8-24-14/h1-6H,7-8H2,(H,19,21)(H,20,22). The van der Waals surface area contributed by atoms with Crippen LogP contribution < -0.4 is 20.1 Å². The van der Waals surface area contributed by atoms with Gasteiger partial charge < -0.3 is 20.1 Å². The molecule has 0 unspecified atom stereocenters. The van der Waals surface area contributed by atoms with Gasteiger partial charge in [0.05, 0.1) is 5.69 Å². The topological polar surface area (TPSA) is 76.7 Å². The fourth-order valence-electron chi connectivity index (χ4n) is 2.09. The molecule has 8 heteroatoms. The number of ether oxygens (including phenoxy) is 2. The molecule has 0 saturated heterocycles. The van der Waals surface area contributed by atoms with Gasteiger partial charge in [0.1, 0.15) is 11.6 Å². The van der Waals surface area contributed by atoms with Crippen LogP contribution in [-0.4, -0.2) is 25.0 Å². The van der Waals surface area contributed by atoms with Gasteiger partial charge in [0.2, 0.25) is 0 Å². The largest absolute Gasteiger partial charge is 0.482 e. The number of benzene rings is 2. The molecule has 0 saturated carbocycles. The van der Waals surface area contributed by atoms with E-state index in [1.165, 1.54) is 6.07 Å². The molecular formula is C16H12F2N2O4. The first kappa shape index (κ1) is 15.7. The van der Waals surface area contributed by atoms with E-state index in [0.717, 1.165) is 12.1 Å². The van der Waals surface area contributed by atoms with Crippen LogP contribution in [0.3, 0.4) is 0 Å². The molecule has 0 bridgehead atoms. The van der Waals surface area contributed by atoms with Crippen LogP contribution in [0, 0.1) is 11.6 Å². The van der Waals surface area contributed by atoms with Crippen molar-refractivity contribution in [1.82, 2.24) is 0 Å². The number of carbonyl (C=O) groups excluding carboxylic acids is 2. The van der Waals surface area contributed by atoms with Crippen molar-refractivity contribution in [1.29, 1.82) is 0 Å². The maximum absolute atomic E-state index is 13.4. The lowest BCUT2D eigenvalue weighted by molar-refractivity contribution is -0.119. The summed E-state index contributed by atoms with van der Waals surface area (Å²) in [6.45, 7) is -0.516. The van der Waals surface area contributed by atoms with Crippen molar-refractivity contribution in [2.24, 2.45) is 0 Å². The maximum atomic E-state index is 13.4. The minimum absolute atomic E-state index is 0.0597. The van der Waals surface area contributed by atoms with E-state index in [1.807, 2.05) is 0 Å². The van der Waals surface area contributed by atoms with Crippen molar-refractivity contribution < 1.29 is 27.8 Å². The summed E-state index contributed by atoms with van der Waals surface area (Å²) in [4.78, 5) is 23.1. The molecule has 2 N–H and O–H groups in total. The third-order valence-electron chi connectivity index (χ3n) is 3.15. The molecule has 1 aliphatic rings. The highest BCUT2D eigenvalue weighted by Gasteiger charge is 2.16. The number of halogens is 2. The maximum Gasteiger partial charge on any atom is 0.262 e. The number of carbonyl (C=O) groups is 2. The van der Waals surface area contributed by atoms with Crippen LogP contribution in [0.5, 0.6) is 11.5 Å². The molecule has 24 heavy (non-hydrogen) atoms. The fraction of sp³-hybridized carbons (Fsp3) is 0.125. The molecular weight excluding hydrogens is 322 g/mol. The Hall–Kier alpha value is -3.16. The van der Waals surface area contributed by atoms with Crippen LogP contribution in [0.1, 0.15) is 0 Å². The molecule has 6 nitrogen and oxygen atoms in total. The minimum atomic E-state index is -0.892. The lowest BCUT2D eigenvalue weighted by Gasteiger charge is -2.18. The van der Waals surface area contributed by atoms with E-state index in [4.69, 9.17) is 9.47 Å². The first-order valence-electron chi connectivity index (χ1n) is 6.95. The highest BCUT2D eigenvalue weighted by atomic mass is 19.1. The molecule has 1 aliphatic heterocycles. The number of amides is 2. The van der Waals surface area contributed by atoms with E-state index in [9.17, 15) is 18.4 Å². The third kappa shape index (κ3) is 3.60. The Balaban J connectivity index is 1.61. The van der Waals surface area contributed by atoms with Gasteiger partial charge in [-0.3, -0.25) is 9.59 Å². The first-order chi connectivity index (χ1) is 11.5. The van der Waals surface area contributed by atoms with E-state index in [0.29, 0.717) is 23.2 Å². The Kier molecular flexibility index (Phi) is 4.28. The molecule has 3 rings (SSSR count). The van der Waals surface area contributed by atoms with Crippen molar-refractivity contribution in [2.45, 2.75) is 0 Å². The lowest BCUT2D eigenvalue weighted by atomic mass is 10.2. The van der Waals surface area contributed by atoms with Crippen molar-refractivity contribution in [3.05, 3.63) is 48.0 Å². The molecule has 0 spiro atoms. The predicted octanol–water partition coefficient (Wildman–Crippen LogP) is 2.31. The van der Waals surface area contributed by atoms with Gasteiger partial charge in [-0.15, -0.1) is 0 Å². The number of hydrogen-bond acceptors (Lipinski definition) is 4. The van der Waals surface area contributed by atoms with Crippen LogP contribution in [0.25, 0.3) is 0 Å². The second-order valence-corrected chi connectivity index (χ2v) is 4.96. The smallest absolute Gasteiger partial charge is 0.262 e. The van der Waals surface area contributed by atoms with Gasteiger partial charge in [0.15, 0.2) is 24.8 Å². The van der Waals surface area contributed by atoms with E-state index >= 15 is 0 Å². The van der Waals surface area contributed by atoms with Crippen molar-refractivity contribution in [3.63, 3.8) is 0 Å². The SMILES string of the molecule is O=C(COc1ccc(F)cc1F)Nc1ccc2c(c1)NC(=O)CO2. The normalized spacial score (nSPS) is 12.7. The van der Waals surface area contributed by atoms with Crippen molar-refractivity contribution in [2.75, 3.05) is 23.8 Å². The van der Waals surface area contributed by atoms with Crippen LogP contribution in [0.2, 0.25) is 0 Å². The highest BCUT2D eigenvalue weighted by molar-refractivity contribution is 5.97. The monoisotopic (exact) mass is 334 g/mol. The third-order valence-corrected chi connectivity index (χ3v) is 3.15. The Bertz CT molecular complexity index is 811. The molecule has 0 radical (unpaired) electrons. The second kappa shape index (κ2) is 6.53. The molecule has 124 valence electrons. The molecule has 1 heterocycles. The van der Waals surface area contributed by atoms with Gasteiger partial charge in [0.25, 0.3) is 11.8 Å². The number of fused-ring (bicyclic) bond motifs is 1. The summed E-state index contributed by atoms with van der Waals surface area (Å²) in [5.41, 5.74) is 0.849. The summed E-state index contributed by atoms with van der Waals surface area (Å²) >= 11 is 0. The molecule has 0 aromatic heterocycles. The van der Waals surface area contributed by atoms with Gasteiger partial charge in [-0.1, -0.05) is 0 Å². The fourth-order valence-corrected chi connectivity index (χ4v) is 2.09. The summed E-state index contributed by atoms with van der Waals surface area (Å²) in [5, 5.41) is 5.15. The zero-order chi connectivity index (χ0) is 17.1. The molecule has 0 fully saturated rings. The molecule has 0 atom stereocenters. The zero-order valence-electron chi connectivity index (χ0n) is 12.3. The number of hydrogen-bond donors (Lipinski definition) is 2. The highest BCUT2D eigenvalue weighted by Crippen LogP contribution is 2.30. The molecule has 2 aromatic rings. The summed E-state index contributed by atoms with van der Waals surface area (Å²) in [6, 6.07) is 7.52. The van der Waals surface area contributed by atoms with E-state index in [2.05, 4.69) is 10.6 Å². The summed E-state index contributed by atoms with van der Waals surface area (Å²) in [6.07, 6.45) is 0. The average Bonchev–Trinajstić information content (AvgIpc) is 2.53. The summed E-state index contributed by atoms with van der Waals surface area (Å²) in [7, 11) is 0. The summed E-state index contributed by atoms with van der Waals surface area (Å²) < 4.78 is 36.4. The predicted molar refractivity (Wildman–Crippen MR) is 81.0 cm³/mol. The Labute approximate surface area is 135 Å². The quantitative estimate of drug-likeness (QED) is 0.900. The molecule has 2 amide bonds. The van der Waals surface area contributed by atoms with Crippen LogP contribution in [0.15, 0.2) is 36.4 Å². The Morgan fingerprint density at radius 3 is 2.88 bits per heavy atom. The second-order valence-electron chi connectivity index (χ2n) is 4.96. The molecule has 0 aliphatic carbocycles. The molecule has 2 aromatic carbocycles. The Morgan fingerprint density at radius 1 is 1.25 bits per heavy atom. The number of rotatable bonds is 4. The van der Waals surface area contributed by atoms with Gasteiger partial charge in [0, 0.05) is 11.8 Å².